The van der Waals surface area contributed by atoms with E-state index in [-0.39, 0.29) is 6.23 Å². The van der Waals surface area contributed by atoms with Gasteiger partial charge in [0.1, 0.15) is 6.26 Å². The number of aromatic carboxylic acids is 1. The molecule has 0 radical (unpaired) electrons. The molecule has 0 aliphatic carbocycles. The lowest BCUT2D eigenvalue weighted by molar-refractivity contribution is 0.0697. The normalized spacial score (nSPS) is 16.3. The summed E-state index contributed by atoms with van der Waals surface area (Å²) in [6, 6.07) is 13.0. The molecule has 3 rings (SSSR count). The van der Waals surface area contributed by atoms with Crippen molar-refractivity contribution in [2.45, 2.75) is 13.2 Å². The van der Waals surface area contributed by atoms with E-state index >= 15 is 0 Å². The maximum Gasteiger partial charge on any atom is 0.335 e. The van der Waals surface area contributed by atoms with E-state index in [1.807, 2.05) is 31.2 Å². The summed E-state index contributed by atoms with van der Waals surface area (Å²) in [6.07, 6.45) is 3.28. The summed E-state index contributed by atoms with van der Waals surface area (Å²) in [5.41, 5.74) is 4.56. The van der Waals surface area contributed by atoms with E-state index in [1.165, 1.54) is 0 Å². The SMILES string of the molecule is Cc1cc(C2NC=CO2)ccc1-c1ccc(C(=O)O)cc1. The van der Waals surface area contributed by atoms with Crippen molar-refractivity contribution in [2.75, 3.05) is 0 Å². The highest BCUT2D eigenvalue weighted by Crippen LogP contribution is 2.28. The molecule has 21 heavy (non-hydrogen) atoms. The van der Waals surface area contributed by atoms with Gasteiger partial charge in [-0.05, 0) is 41.8 Å². The van der Waals surface area contributed by atoms with Crippen LogP contribution in [0, 0.1) is 6.92 Å². The Labute approximate surface area is 122 Å². The van der Waals surface area contributed by atoms with Gasteiger partial charge in [0.15, 0.2) is 6.23 Å². The van der Waals surface area contributed by atoms with Crippen LogP contribution in [0.4, 0.5) is 0 Å². The number of carboxylic acid groups (broad SMARTS) is 1. The molecule has 0 saturated carbocycles. The van der Waals surface area contributed by atoms with Gasteiger partial charge >= 0.3 is 5.97 Å². The molecule has 1 aliphatic heterocycles. The van der Waals surface area contributed by atoms with Gasteiger partial charge in [-0.1, -0.05) is 24.3 Å². The van der Waals surface area contributed by atoms with E-state index in [0.29, 0.717) is 5.56 Å². The van der Waals surface area contributed by atoms with Crippen molar-refractivity contribution in [1.82, 2.24) is 5.32 Å². The smallest absolute Gasteiger partial charge is 0.335 e. The fourth-order valence-electron chi connectivity index (χ4n) is 2.42. The number of ether oxygens (including phenoxy) is 1. The standard InChI is InChI=1S/C17H15NO3/c1-11-10-14(16-18-8-9-21-16)6-7-15(11)12-2-4-13(5-3-12)17(19)20/h2-10,16,18H,1H3,(H,19,20). The monoisotopic (exact) mass is 281 g/mol. The highest BCUT2D eigenvalue weighted by Gasteiger charge is 2.14. The number of hydrogen-bond donors (Lipinski definition) is 2. The van der Waals surface area contributed by atoms with Crippen LogP contribution in [0.5, 0.6) is 0 Å². The maximum absolute atomic E-state index is 10.9. The molecule has 1 unspecified atom stereocenters. The van der Waals surface area contributed by atoms with Crippen molar-refractivity contribution >= 4 is 5.97 Å². The third-order valence-corrected chi connectivity index (χ3v) is 3.53. The van der Waals surface area contributed by atoms with Gasteiger partial charge in [0.05, 0.1) is 5.56 Å². The van der Waals surface area contributed by atoms with Crippen LogP contribution in [0.2, 0.25) is 0 Å². The molecule has 1 aliphatic rings. The lowest BCUT2D eigenvalue weighted by Gasteiger charge is -2.14. The summed E-state index contributed by atoms with van der Waals surface area (Å²) in [7, 11) is 0. The zero-order valence-corrected chi connectivity index (χ0v) is 11.5. The molecule has 4 nitrogen and oxygen atoms in total. The Kier molecular flexibility index (Phi) is 3.36. The van der Waals surface area contributed by atoms with Crippen LogP contribution in [0.3, 0.4) is 0 Å². The first-order valence-electron chi connectivity index (χ1n) is 6.66. The lowest BCUT2D eigenvalue weighted by Crippen LogP contribution is -2.11. The molecule has 0 saturated heterocycles. The van der Waals surface area contributed by atoms with Gasteiger partial charge in [-0.3, -0.25) is 0 Å². The van der Waals surface area contributed by atoms with Crippen LogP contribution in [-0.4, -0.2) is 11.1 Å². The van der Waals surface area contributed by atoms with Crippen LogP contribution in [-0.2, 0) is 4.74 Å². The van der Waals surface area contributed by atoms with Crippen molar-refractivity contribution in [1.29, 1.82) is 0 Å². The largest absolute Gasteiger partial charge is 0.478 e. The number of hydrogen-bond acceptors (Lipinski definition) is 3. The topological polar surface area (TPSA) is 58.6 Å². The Bertz CT molecular complexity index is 696. The van der Waals surface area contributed by atoms with Gasteiger partial charge in [-0.15, -0.1) is 0 Å². The summed E-state index contributed by atoms with van der Waals surface area (Å²) in [6.45, 7) is 2.03. The zero-order chi connectivity index (χ0) is 14.8. The molecular formula is C17H15NO3. The fraction of sp³-hybridized carbons (Fsp3) is 0.118. The number of rotatable bonds is 3. The second kappa shape index (κ2) is 5.32. The van der Waals surface area contributed by atoms with Crippen LogP contribution in [0.25, 0.3) is 11.1 Å². The van der Waals surface area contributed by atoms with E-state index in [9.17, 15) is 4.79 Å². The quantitative estimate of drug-likeness (QED) is 0.904. The predicted molar refractivity (Wildman–Crippen MR) is 79.7 cm³/mol. The lowest BCUT2D eigenvalue weighted by atomic mass is 9.97. The van der Waals surface area contributed by atoms with Crippen molar-refractivity contribution < 1.29 is 14.6 Å². The summed E-state index contributed by atoms with van der Waals surface area (Å²) in [5, 5.41) is 12.0. The molecule has 0 bridgehead atoms. The second-order valence-corrected chi connectivity index (χ2v) is 4.94. The van der Waals surface area contributed by atoms with Gasteiger partial charge in [0.2, 0.25) is 0 Å². The molecule has 0 fully saturated rings. The molecule has 0 aromatic heterocycles. The summed E-state index contributed by atoms with van der Waals surface area (Å²) in [5.74, 6) is -0.912. The minimum Gasteiger partial charge on any atom is -0.478 e. The number of benzene rings is 2. The van der Waals surface area contributed by atoms with Crippen molar-refractivity contribution in [3.05, 3.63) is 71.6 Å². The Morgan fingerprint density at radius 1 is 1.19 bits per heavy atom. The van der Waals surface area contributed by atoms with Gasteiger partial charge in [-0.25, -0.2) is 4.79 Å². The summed E-state index contributed by atoms with van der Waals surface area (Å²) < 4.78 is 5.42. The van der Waals surface area contributed by atoms with Crippen LogP contribution in [0.1, 0.15) is 27.7 Å². The van der Waals surface area contributed by atoms with Crippen LogP contribution in [0.15, 0.2) is 54.9 Å². The Morgan fingerprint density at radius 2 is 1.95 bits per heavy atom. The molecule has 1 atom stereocenters. The Morgan fingerprint density at radius 3 is 2.52 bits per heavy atom. The van der Waals surface area contributed by atoms with Gasteiger partial charge < -0.3 is 15.2 Å². The zero-order valence-electron chi connectivity index (χ0n) is 11.5. The van der Waals surface area contributed by atoms with Crippen molar-refractivity contribution in [3.8, 4) is 11.1 Å². The molecule has 106 valence electrons. The first-order valence-corrected chi connectivity index (χ1v) is 6.66. The fourth-order valence-corrected chi connectivity index (χ4v) is 2.42. The number of carbonyl (C=O) groups is 1. The van der Waals surface area contributed by atoms with E-state index in [1.54, 1.807) is 24.6 Å². The molecule has 0 spiro atoms. The number of aryl methyl sites for hydroxylation is 1. The highest BCUT2D eigenvalue weighted by molar-refractivity contribution is 5.88. The third kappa shape index (κ3) is 2.60. The molecular weight excluding hydrogens is 266 g/mol. The van der Waals surface area contributed by atoms with E-state index in [0.717, 1.165) is 22.3 Å². The molecule has 2 aromatic carbocycles. The Hall–Kier alpha value is -2.75. The van der Waals surface area contributed by atoms with E-state index in [2.05, 4.69) is 11.4 Å². The number of nitrogens with one attached hydrogen (secondary N) is 1. The molecule has 2 N–H and O–H groups in total. The maximum atomic E-state index is 10.9. The second-order valence-electron chi connectivity index (χ2n) is 4.94. The molecule has 0 amide bonds. The first-order chi connectivity index (χ1) is 10.1. The minimum atomic E-state index is -0.912. The predicted octanol–water partition coefficient (Wildman–Crippen LogP) is 3.45. The van der Waals surface area contributed by atoms with Gasteiger partial charge in [0.25, 0.3) is 0 Å². The van der Waals surface area contributed by atoms with Gasteiger partial charge in [0, 0.05) is 11.8 Å². The average molecular weight is 281 g/mol. The molecule has 4 heteroatoms. The van der Waals surface area contributed by atoms with Gasteiger partial charge in [-0.2, -0.15) is 0 Å². The molecule has 2 aromatic rings. The van der Waals surface area contributed by atoms with Crippen LogP contribution < -0.4 is 5.32 Å². The number of carboxylic acids is 1. The summed E-state index contributed by atoms with van der Waals surface area (Å²) >= 11 is 0. The third-order valence-electron chi connectivity index (χ3n) is 3.53. The first kappa shape index (κ1) is 13.2. The minimum absolute atomic E-state index is 0.132. The highest BCUT2D eigenvalue weighted by atomic mass is 16.5. The molecule has 1 heterocycles. The van der Waals surface area contributed by atoms with Crippen molar-refractivity contribution in [2.24, 2.45) is 0 Å². The van der Waals surface area contributed by atoms with Crippen LogP contribution >= 0.6 is 0 Å². The average Bonchev–Trinajstić information content (AvgIpc) is 3.01. The van der Waals surface area contributed by atoms with Crippen molar-refractivity contribution in [3.63, 3.8) is 0 Å². The summed E-state index contributed by atoms with van der Waals surface area (Å²) in [4.78, 5) is 10.9. The van der Waals surface area contributed by atoms with E-state index in [4.69, 9.17) is 9.84 Å². The Balaban J connectivity index is 1.90. The van der Waals surface area contributed by atoms with E-state index < -0.39 is 5.97 Å².